The third-order valence-corrected chi connectivity index (χ3v) is 4.41. The van der Waals surface area contributed by atoms with Crippen molar-refractivity contribution in [3.8, 4) is 11.5 Å². The fraction of sp³-hybridized carbons (Fsp3) is 0.625. The topological polar surface area (TPSA) is 44.5 Å². The smallest absolute Gasteiger partial charge is 0.124 e. The second-order valence-electron chi connectivity index (χ2n) is 5.59. The molecule has 0 bridgehead atoms. The zero-order valence-corrected chi connectivity index (χ0v) is 12.2. The van der Waals surface area contributed by atoms with Crippen LogP contribution in [0.15, 0.2) is 18.2 Å². The molecule has 1 aromatic rings. The first-order chi connectivity index (χ1) is 9.12. The summed E-state index contributed by atoms with van der Waals surface area (Å²) < 4.78 is 10.8. The molecule has 0 aliphatic heterocycles. The molecule has 2 N–H and O–H groups in total. The van der Waals surface area contributed by atoms with Crippen molar-refractivity contribution in [2.45, 2.75) is 44.6 Å². The second kappa shape index (κ2) is 5.83. The van der Waals surface area contributed by atoms with Gasteiger partial charge < -0.3 is 15.2 Å². The van der Waals surface area contributed by atoms with Crippen molar-refractivity contribution >= 4 is 0 Å². The lowest BCUT2D eigenvalue weighted by Crippen LogP contribution is -2.41. The number of hydrogen-bond donors (Lipinski definition) is 1. The van der Waals surface area contributed by atoms with Crippen molar-refractivity contribution in [2.24, 2.45) is 11.7 Å². The highest BCUT2D eigenvalue weighted by molar-refractivity contribution is 5.44. The molecule has 2 rings (SSSR count). The van der Waals surface area contributed by atoms with Crippen LogP contribution in [0.3, 0.4) is 0 Å². The van der Waals surface area contributed by atoms with Crippen LogP contribution in [0.4, 0.5) is 0 Å². The summed E-state index contributed by atoms with van der Waals surface area (Å²) in [4.78, 5) is 0. The van der Waals surface area contributed by atoms with Crippen molar-refractivity contribution in [1.82, 2.24) is 0 Å². The van der Waals surface area contributed by atoms with Crippen LogP contribution in [0.2, 0.25) is 0 Å². The van der Waals surface area contributed by atoms with Crippen molar-refractivity contribution in [1.29, 1.82) is 0 Å². The Morgan fingerprint density at radius 1 is 1.32 bits per heavy atom. The van der Waals surface area contributed by atoms with Gasteiger partial charge in [0.05, 0.1) is 14.2 Å². The van der Waals surface area contributed by atoms with Crippen LogP contribution in [-0.4, -0.2) is 14.2 Å². The molecule has 0 saturated heterocycles. The van der Waals surface area contributed by atoms with Gasteiger partial charge in [0.2, 0.25) is 0 Å². The van der Waals surface area contributed by atoms with Gasteiger partial charge in [-0.05, 0) is 37.0 Å². The Bertz CT molecular complexity index is 433. The molecule has 1 saturated carbocycles. The van der Waals surface area contributed by atoms with Gasteiger partial charge in [-0.1, -0.05) is 26.2 Å². The maximum atomic E-state index is 6.71. The van der Waals surface area contributed by atoms with E-state index in [9.17, 15) is 0 Å². The van der Waals surface area contributed by atoms with Crippen LogP contribution in [0.1, 0.15) is 44.6 Å². The molecule has 0 aromatic heterocycles. The summed E-state index contributed by atoms with van der Waals surface area (Å²) in [6, 6.07) is 5.92. The first kappa shape index (κ1) is 14.2. The Kier molecular flexibility index (Phi) is 4.35. The Balaban J connectivity index is 2.37. The standard InChI is InChI=1S/C16H25NO2/c1-4-12-6-5-9-16(17,11-12)14-10-13(18-2)7-8-15(14)19-3/h7-8,10,12H,4-6,9,11,17H2,1-3H3. The molecule has 1 aromatic carbocycles. The summed E-state index contributed by atoms with van der Waals surface area (Å²) >= 11 is 0. The molecule has 1 aliphatic carbocycles. The fourth-order valence-corrected chi connectivity index (χ4v) is 3.22. The molecule has 0 amide bonds. The monoisotopic (exact) mass is 263 g/mol. The SMILES string of the molecule is CCC1CCCC(N)(c2cc(OC)ccc2OC)C1. The Morgan fingerprint density at radius 2 is 2.11 bits per heavy atom. The van der Waals surface area contributed by atoms with E-state index in [0.717, 1.165) is 35.8 Å². The van der Waals surface area contributed by atoms with Gasteiger partial charge in [0.1, 0.15) is 11.5 Å². The fourth-order valence-electron chi connectivity index (χ4n) is 3.22. The zero-order valence-electron chi connectivity index (χ0n) is 12.2. The van der Waals surface area contributed by atoms with Crippen LogP contribution in [0.25, 0.3) is 0 Å². The molecular formula is C16H25NO2. The molecule has 0 heterocycles. The van der Waals surface area contributed by atoms with E-state index in [-0.39, 0.29) is 5.54 Å². The van der Waals surface area contributed by atoms with Gasteiger partial charge in [-0.3, -0.25) is 0 Å². The van der Waals surface area contributed by atoms with Gasteiger partial charge in [-0.15, -0.1) is 0 Å². The van der Waals surface area contributed by atoms with E-state index in [0.29, 0.717) is 0 Å². The predicted molar refractivity (Wildman–Crippen MR) is 77.7 cm³/mol. The third kappa shape index (κ3) is 2.86. The van der Waals surface area contributed by atoms with Crippen LogP contribution >= 0.6 is 0 Å². The largest absolute Gasteiger partial charge is 0.497 e. The highest BCUT2D eigenvalue weighted by Gasteiger charge is 2.36. The number of methoxy groups -OCH3 is 2. The minimum atomic E-state index is -0.279. The summed E-state index contributed by atoms with van der Waals surface area (Å²) in [7, 11) is 3.39. The number of hydrogen-bond acceptors (Lipinski definition) is 3. The van der Waals surface area contributed by atoms with E-state index in [1.165, 1.54) is 19.3 Å². The van der Waals surface area contributed by atoms with Crippen molar-refractivity contribution in [3.05, 3.63) is 23.8 Å². The van der Waals surface area contributed by atoms with Gasteiger partial charge in [-0.2, -0.15) is 0 Å². The van der Waals surface area contributed by atoms with Crippen LogP contribution in [0, 0.1) is 5.92 Å². The van der Waals surface area contributed by atoms with E-state index >= 15 is 0 Å². The normalized spacial score (nSPS) is 27.1. The Labute approximate surface area is 116 Å². The van der Waals surface area contributed by atoms with E-state index in [2.05, 4.69) is 6.92 Å². The highest BCUT2D eigenvalue weighted by Crippen LogP contribution is 2.43. The van der Waals surface area contributed by atoms with Gasteiger partial charge in [0, 0.05) is 11.1 Å². The number of benzene rings is 1. The molecular weight excluding hydrogens is 238 g/mol. The highest BCUT2D eigenvalue weighted by atomic mass is 16.5. The quantitative estimate of drug-likeness (QED) is 0.904. The van der Waals surface area contributed by atoms with Crippen molar-refractivity contribution in [2.75, 3.05) is 14.2 Å². The number of ether oxygens (including phenoxy) is 2. The first-order valence-electron chi connectivity index (χ1n) is 7.14. The van der Waals surface area contributed by atoms with E-state index in [1.54, 1.807) is 14.2 Å². The molecule has 2 atom stereocenters. The maximum Gasteiger partial charge on any atom is 0.124 e. The summed E-state index contributed by atoms with van der Waals surface area (Å²) in [5.74, 6) is 2.44. The molecule has 1 aliphatic rings. The molecule has 3 nitrogen and oxygen atoms in total. The Hall–Kier alpha value is -1.22. The number of nitrogens with two attached hydrogens (primary N) is 1. The van der Waals surface area contributed by atoms with Crippen molar-refractivity contribution in [3.63, 3.8) is 0 Å². The van der Waals surface area contributed by atoms with Crippen molar-refractivity contribution < 1.29 is 9.47 Å². The average molecular weight is 263 g/mol. The second-order valence-corrected chi connectivity index (χ2v) is 5.59. The summed E-state index contributed by atoms with van der Waals surface area (Å²) in [5, 5.41) is 0. The molecule has 1 fully saturated rings. The lowest BCUT2D eigenvalue weighted by atomic mass is 9.71. The molecule has 0 spiro atoms. The van der Waals surface area contributed by atoms with E-state index < -0.39 is 0 Å². The van der Waals surface area contributed by atoms with Crippen LogP contribution < -0.4 is 15.2 Å². The van der Waals surface area contributed by atoms with E-state index in [4.69, 9.17) is 15.2 Å². The van der Waals surface area contributed by atoms with Crippen LogP contribution in [0.5, 0.6) is 11.5 Å². The van der Waals surface area contributed by atoms with Gasteiger partial charge in [-0.25, -0.2) is 0 Å². The average Bonchev–Trinajstić information content (AvgIpc) is 2.46. The van der Waals surface area contributed by atoms with Gasteiger partial charge in [0.15, 0.2) is 0 Å². The molecule has 106 valence electrons. The zero-order chi connectivity index (χ0) is 13.9. The minimum absolute atomic E-state index is 0.279. The summed E-state index contributed by atoms with van der Waals surface area (Å²) in [5.41, 5.74) is 7.52. The molecule has 19 heavy (non-hydrogen) atoms. The lowest BCUT2D eigenvalue weighted by Gasteiger charge is -2.39. The van der Waals surface area contributed by atoms with Gasteiger partial charge in [0.25, 0.3) is 0 Å². The first-order valence-corrected chi connectivity index (χ1v) is 7.14. The Morgan fingerprint density at radius 3 is 2.74 bits per heavy atom. The molecule has 0 radical (unpaired) electrons. The molecule has 2 unspecified atom stereocenters. The minimum Gasteiger partial charge on any atom is -0.497 e. The number of rotatable bonds is 4. The lowest BCUT2D eigenvalue weighted by molar-refractivity contribution is 0.215. The van der Waals surface area contributed by atoms with Gasteiger partial charge >= 0.3 is 0 Å². The summed E-state index contributed by atoms with van der Waals surface area (Å²) in [6.45, 7) is 2.25. The summed E-state index contributed by atoms with van der Waals surface area (Å²) in [6.07, 6.45) is 5.74. The molecule has 3 heteroatoms. The van der Waals surface area contributed by atoms with Crippen LogP contribution in [-0.2, 0) is 5.54 Å². The van der Waals surface area contributed by atoms with E-state index in [1.807, 2.05) is 18.2 Å². The third-order valence-electron chi connectivity index (χ3n) is 4.41. The predicted octanol–water partition coefficient (Wildman–Crippen LogP) is 3.46. The maximum absolute atomic E-state index is 6.71.